The molecular formula is C9H13FO. The Bertz CT molecular complexity index is 202. The Morgan fingerprint density at radius 1 is 1.27 bits per heavy atom. The minimum absolute atomic E-state index is 0.150. The molecule has 2 bridgehead atoms. The topological polar surface area (TPSA) is 17.1 Å². The lowest BCUT2D eigenvalue weighted by Gasteiger charge is -2.46. The van der Waals surface area contributed by atoms with E-state index in [1.54, 1.807) is 0 Å². The van der Waals surface area contributed by atoms with Gasteiger partial charge in [0.15, 0.2) is 0 Å². The Kier molecular flexibility index (Phi) is 1.22. The summed E-state index contributed by atoms with van der Waals surface area (Å²) >= 11 is 0. The molecule has 62 valence electrons. The van der Waals surface area contributed by atoms with E-state index < -0.39 is 5.67 Å². The van der Waals surface area contributed by atoms with E-state index in [-0.39, 0.29) is 17.6 Å². The van der Waals surface area contributed by atoms with Crippen molar-refractivity contribution in [3.05, 3.63) is 0 Å². The van der Waals surface area contributed by atoms with Gasteiger partial charge < -0.3 is 0 Å². The number of ketones is 1. The predicted octanol–water partition coefficient (Wildman–Crippen LogP) is 2.25. The van der Waals surface area contributed by atoms with E-state index in [1.807, 2.05) is 6.92 Å². The summed E-state index contributed by atoms with van der Waals surface area (Å²) in [6.07, 6.45) is 2.93. The Labute approximate surface area is 66.0 Å². The summed E-state index contributed by atoms with van der Waals surface area (Å²) in [7, 11) is 0. The second kappa shape index (κ2) is 1.85. The molecule has 0 spiro atoms. The highest BCUT2D eigenvalue weighted by Gasteiger charge is 2.51. The lowest BCUT2D eigenvalue weighted by atomic mass is 9.60. The van der Waals surface area contributed by atoms with Gasteiger partial charge in [-0.25, -0.2) is 4.39 Å². The highest BCUT2D eigenvalue weighted by atomic mass is 19.1. The number of alkyl halides is 1. The van der Waals surface area contributed by atoms with Crippen LogP contribution in [-0.2, 0) is 4.79 Å². The molecule has 0 radical (unpaired) electrons. The van der Waals surface area contributed by atoms with Crippen LogP contribution >= 0.6 is 0 Å². The van der Waals surface area contributed by atoms with Gasteiger partial charge in [0.05, 0.1) is 0 Å². The first-order valence-corrected chi connectivity index (χ1v) is 4.26. The molecule has 0 aliphatic heterocycles. The molecule has 3 aliphatic rings. The van der Waals surface area contributed by atoms with Crippen molar-refractivity contribution in [2.24, 2.45) is 5.41 Å². The molecule has 3 saturated carbocycles. The van der Waals surface area contributed by atoms with Crippen LogP contribution in [0.25, 0.3) is 0 Å². The molecule has 0 aromatic rings. The molecule has 0 N–H and O–H groups in total. The fourth-order valence-corrected chi connectivity index (χ4v) is 2.21. The van der Waals surface area contributed by atoms with Gasteiger partial charge in [-0.15, -0.1) is 0 Å². The van der Waals surface area contributed by atoms with Gasteiger partial charge in [-0.3, -0.25) is 4.79 Å². The number of carbonyl (C=O) groups excluding carboxylic acids is 1. The molecule has 11 heavy (non-hydrogen) atoms. The average molecular weight is 156 g/mol. The van der Waals surface area contributed by atoms with Crippen molar-refractivity contribution in [3.8, 4) is 0 Å². The molecule has 0 aromatic heterocycles. The zero-order valence-electron chi connectivity index (χ0n) is 6.82. The SMILES string of the molecule is CC12CCC(F)(CC1)CC2=O. The van der Waals surface area contributed by atoms with E-state index in [4.69, 9.17) is 0 Å². The van der Waals surface area contributed by atoms with Crippen LogP contribution < -0.4 is 0 Å². The van der Waals surface area contributed by atoms with Gasteiger partial charge in [0.1, 0.15) is 11.5 Å². The molecule has 1 nitrogen and oxygen atoms in total. The van der Waals surface area contributed by atoms with Gasteiger partial charge in [-0.1, -0.05) is 6.92 Å². The number of rotatable bonds is 0. The largest absolute Gasteiger partial charge is 0.299 e. The van der Waals surface area contributed by atoms with Crippen molar-refractivity contribution < 1.29 is 9.18 Å². The summed E-state index contributed by atoms with van der Waals surface area (Å²) in [6.45, 7) is 1.98. The van der Waals surface area contributed by atoms with Gasteiger partial charge in [0.2, 0.25) is 0 Å². The smallest absolute Gasteiger partial charge is 0.141 e. The summed E-state index contributed by atoms with van der Waals surface area (Å²) in [5, 5.41) is 0. The lowest BCUT2D eigenvalue weighted by Crippen LogP contribution is -2.48. The second-order valence-corrected chi connectivity index (χ2v) is 4.31. The highest BCUT2D eigenvalue weighted by Crippen LogP contribution is 2.51. The van der Waals surface area contributed by atoms with Crippen LogP contribution in [0.5, 0.6) is 0 Å². The van der Waals surface area contributed by atoms with E-state index in [2.05, 4.69) is 0 Å². The molecule has 3 aliphatic carbocycles. The summed E-state index contributed by atoms with van der Waals surface area (Å²) in [5.74, 6) is 0.150. The Morgan fingerprint density at radius 3 is 2.18 bits per heavy atom. The molecular weight excluding hydrogens is 143 g/mol. The molecule has 0 aromatic carbocycles. The van der Waals surface area contributed by atoms with Crippen LogP contribution in [0.4, 0.5) is 4.39 Å². The van der Waals surface area contributed by atoms with E-state index in [9.17, 15) is 9.18 Å². The molecule has 0 unspecified atom stereocenters. The lowest BCUT2D eigenvalue weighted by molar-refractivity contribution is -0.143. The number of Topliss-reactive ketones (excluding diaryl/α,β-unsaturated/α-hetero) is 1. The zero-order valence-corrected chi connectivity index (χ0v) is 6.82. The molecule has 0 saturated heterocycles. The van der Waals surface area contributed by atoms with Gasteiger partial charge in [-0.05, 0) is 25.7 Å². The van der Waals surface area contributed by atoms with Crippen LogP contribution in [0.1, 0.15) is 39.0 Å². The van der Waals surface area contributed by atoms with Crippen molar-refractivity contribution >= 4 is 5.78 Å². The minimum atomic E-state index is -1.12. The number of hydrogen-bond donors (Lipinski definition) is 0. The van der Waals surface area contributed by atoms with Crippen molar-refractivity contribution in [3.63, 3.8) is 0 Å². The third-order valence-corrected chi connectivity index (χ3v) is 3.40. The van der Waals surface area contributed by atoms with Crippen molar-refractivity contribution in [2.75, 3.05) is 0 Å². The van der Waals surface area contributed by atoms with Gasteiger partial charge in [0.25, 0.3) is 0 Å². The summed E-state index contributed by atoms with van der Waals surface area (Å²) in [5.41, 5.74) is -1.28. The number of fused-ring (bicyclic) bond motifs is 3. The first-order valence-electron chi connectivity index (χ1n) is 4.26. The van der Waals surface area contributed by atoms with Crippen molar-refractivity contribution in [1.82, 2.24) is 0 Å². The Hall–Kier alpha value is -0.400. The van der Waals surface area contributed by atoms with Gasteiger partial charge in [0, 0.05) is 11.8 Å². The van der Waals surface area contributed by atoms with E-state index >= 15 is 0 Å². The predicted molar refractivity (Wildman–Crippen MR) is 40.0 cm³/mol. The Morgan fingerprint density at radius 2 is 1.82 bits per heavy atom. The monoisotopic (exact) mass is 156 g/mol. The molecule has 2 heteroatoms. The van der Waals surface area contributed by atoms with Gasteiger partial charge >= 0.3 is 0 Å². The molecule has 0 heterocycles. The highest BCUT2D eigenvalue weighted by molar-refractivity contribution is 5.87. The van der Waals surface area contributed by atoms with Crippen LogP contribution in [-0.4, -0.2) is 11.5 Å². The van der Waals surface area contributed by atoms with Crippen molar-refractivity contribution in [2.45, 2.75) is 44.7 Å². The summed E-state index contributed by atoms with van der Waals surface area (Å²) in [4.78, 5) is 11.3. The fourth-order valence-electron chi connectivity index (χ4n) is 2.21. The average Bonchev–Trinajstić information content (AvgIpc) is 1.94. The first-order chi connectivity index (χ1) is 5.04. The van der Waals surface area contributed by atoms with E-state index in [0.717, 1.165) is 12.8 Å². The molecule has 0 atom stereocenters. The van der Waals surface area contributed by atoms with Crippen LogP contribution in [0.2, 0.25) is 0 Å². The zero-order chi connectivity index (χ0) is 8.11. The third-order valence-electron chi connectivity index (χ3n) is 3.40. The van der Waals surface area contributed by atoms with E-state index in [1.165, 1.54) is 0 Å². The van der Waals surface area contributed by atoms with Crippen molar-refractivity contribution in [1.29, 1.82) is 0 Å². The third kappa shape index (κ3) is 0.916. The van der Waals surface area contributed by atoms with Crippen LogP contribution in [0.15, 0.2) is 0 Å². The number of halogens is 1. The number of carbonyl (C=O) groups is 1. The maximum Gasteiger partial charge on any atom is 0.141 e. The fraction of sp³-hybridized carbons (Fsp3) is 0.889. The molecule has 0 amide bonds. The number of hydrogen-bond acceptors (Lipinski definition) is 1. The molecule has 3 rings (SSSR count). The standard InChI is InChI=1S/C9H13FO/c1-8-2-4-9(10,5-3-8)6-7(8)11/h2-6H2,1H3. The normalized spacial score (nSPS) is 49.8. The maximum absolute atomic E-state index is 13.5. The summed E-state index contributed by atoms with van der Waals surface area (Å²) in [6, 6.07) is 0. The van der Waals surface area contributed by atoms with Crippen LogP contribution in [0.3, 0.4) is 0 Å². The second-order valence-electron chi connectivity index (χ2n) is 4.31. The van der Waals surface area contributed by atoms with E-state index in [0.29, 0.717) is 12.8 Å². The summed E-state index contributed by atoms with van der Waals surface area (Å²) < 4.78 is 13.5. The minimum Gasteiger partial charge on any atom is -0.299 e. The van der Waals surface area contributed by atoms with Crippen LogP contribution in [0, 0.1) is 5.41 Å². The van der Waals surface area contributed by atoms with Gasteiger partial charge in [-0.2, -0.15) is 0 Å². The quantitative estimate of drug-likeness (QED) is 0.525. The maximum atomic E-state index is 13.5. The molecule has 3 fully saturated rings. The Balaban J connectivity index is 2.29. The first kappa shape index (κ1) is 7.26.